The molecule has 3 aromatic carbocycles. The van der Waals surface area contributed by atoms with Gasteiger partial charge in [-0.3, -0.25) is 9.89 Å². The summed E-state index contributed by atoms with van der Waals surface area (Å²) in [5.74, 6) is -1.06. The van der Waals surface area contributed by atoms with Gasteiger partial charge in [0.05, 0.1) is 21.8 Å². The first-order chi connectivity index (χ1) is 16.5. The van der Waals surface area contributed by atoms with E-state index in [1.165, 1.54) is 24.3 Å². The Morgan fingerprint density at radius 1 is 1.06 bits per heavy atom. The molecule has 4 aromatic rings. The number of rotatable bonds is 6. The second-order valence-corrected chi connectivity index (χ2v) is 8.32. The van der Waals surface area contributed by atoms with E-state index in [0.29, 0.717) is 5.02 Å². The molecule has 0 aliphatic heterocycles. The van der Waals surface area contributed by atoms with E-state index >= 15 is 0 Å². The first-order valence-electron chi connectivity index (χ1n) is 10.0. The lowest BCUT2D eigenvalue weighted by Gasteiger charge is -2.17. The summed E-state index contributed by atoms with van der Waals surface area (Å²) in [6.45, 7) is 0.0525. The number of aromatic hydroxyl groups is 1. The quantitative estimate of drug-likeness (QED) is 0.271. The van der Waals surface area contributed by atoms with Gasteiger partial charge in [0.25, 0.3) is 5.91 Å². The first-order valence-corrected chi connectivity index (χ1v) is 10.8. The Balaban J connectivity index is 1.84. The first kappa shape index (κ1) is 24.4. The van der Waals surface area contributed by atoms with E-state index in [1.807, 2.05) is 0 Å². The molecule has 0 aliphatic rings. The van der Waals surface area contributed by atoms with Gasteiger partial charge in [0.1, 0.15) is 23.8 Å². The van der Waals surface area contributed by atoms with Crippen molar-refractivity contribution < 1.29 is 27.8 Å². The summed E-state index contributed by atoms with van der Waals surface area (Å²) in [4.78, 5) is 11.4. The minimum Gasteiger partial charge on any atom is -0.506 e. The number of hydrogen-bond acceptors (Lipinski definition) is 4. The van der Waals surface area contributed by atoms with Crippen molar-refractivity contribution in [3.8, 4) is 33.9 Å². The summed E-state index contributed by atoms with van der Waals surface area (Å²) in [7, 11) is 0. The number of carbonyl (C=O) groups excluding carboxylic acids is 1. The summed E-state index contributed by atoms with van der Waals surface area (Å²) in [5, 5.41) is 17.6. The zero-order valence-electron chi connectivity index (χ0n) is 17.7. The van der Waals surface area contributed by atoms with Crippen LogP contribution in [0.2, 0.25) is 10.0 Å². The van der Waals surface area contributed by atoms with Crippen LogP contribution < -0.4 is 10.5 Å². The lowest BCUT2D eigenvalue weighted by molar-refractivity contribution is -0.137. The number of halogens is 5. The van der Waals surface area contributed by atoms with Crippen LogP contribution in [0, 0.1) is 0 Å². The Labute approximate surface area is 207 Å². The Bertz CT molecular complexity index is 1400. The number of phenolic OH excluding ortho intramolecular Hbond substituents is 1. The molecule has 4 N–H and O–H groups in total. The molecular formula is C24H16Cl2F3N3O3. The third kappa shape index (κ3) is 5.21. The molecular weight excluding hydrogens is 506 g/mol. The third-order valence-electron chi connectivity index (χ3n) is 5.13. The van der Waals surface area contributed by atoms with E-state index in [2.05, 4.69) is 10.2 Å². The van der Waals surface area contributed by atoms with E-state index in [4.69, 9.17) is 33.7 Å². The molecule has 0 unspecified atom stereocenters. The molecule has 1 heterocycles. The van der Waals surface area contributed by atoms with Gasteiger partial charge in [0, 0.05) is 10.6 Å². The lowest BCUT2D eigenvalue weighted by Crippen LogP contribution is -2.10. The number of alkyl halides is 3. The van der Waals surface area contributed by atoms with Gasteiger partial charge < -0.3 is 15.6 Å². The van der Waals surface area contributed by atoms with E-state index in [-0.39, 0.29) is 40.4 Å². The molecule has 0 saturated carbocycles. The molecule has 0 aliphatic carbocycles. The van der Waals surface area contributed by atoms with Crippen LogP contribution in [-0.4, -0.2) is 21.2 Å². The predicted octanol–water partition coefficient (Wildman–Crippen LogP) is 6.45. The summed E-state index contributed by atoms with van der Waals surface area (Å²) in [6.07, 6.45) is -4.72. The minimum atomic E-state index is -4.72. The molecule has 1 aromatic heterocycles. The fourth-order valence-electron chi connectivity index (χ4n) is 3.40. The average molecular weight is 522 g/mol. The van der Waals surface area contributed by atoms with Gasteiger partial charge in [-0.2, -0.15) is 18.3 Å². The van der Waals surface area contributed by atoms with Gasteiger partial charge in [-0.1, -0.05) is 41.4 Å². The van der Waals surface area contributed by atoms with Crippen molar-refractivity contribution in [1.82, 2.24) is 10.2 Å². The van der Waals surface area contributed by atoms with Crippen LogP contribution in [0.3, 0.4) is 0 Å². The van der Waals surface area contributed by atoms with Gasteiger partial charge in [-0.25, -0.2) is 0 Å². The fraction of sp³-hybridized carbons (Fsp3) is 0.0833. The van der Waals surface area contributed by atoms with E-state index in [1.54, 1.807) is 24.3 Å². The number of amides is 1. The van der Waals surface area contributed by atoms with Crippen molar-refractivity contribution in [3.05, 3.63) is 87.5 Å². The smallest absolute Gasteiger partial charge is 0.417 e. The molecule has 0 radical (unpaired) electrons. The van der Waals surface area contributed by atoms with E-state index in [0.717, 1.165) is 17.7 Å². The molecule has 11 heteroatoms. The molecule has 180 valence electrons. The monoisotopic (exact) mass is 521 g/mol. The maximum atomic E-state index is 13.5. The van der Waals surface area contributed by atoms with Crippen LogP contribution in [-0.2, 0) is 12.8 Å². The van der Waals surface area contributed by atoms with Crippen LogP contribution in [0.15, 0.2) is 60.7 Å². The molecule has 35 heavy (non-hydrogen) atoms. The third-order valence-corrected chi connectivity index (χ3v) is 5.71. The molecule has 0 spiro atoms. The maximum Gasteiger partial charge on any atom is 0.417 e. The molecule has 0 atom stereocenters. The zero-order chi connectivity index (χ0) is 25.3. The van der Waals surface area contributed by atoms with Crippen molar-refractivity contribution in [2.45, 2.75) is 12.8 Å². The molecule has 1 amide bonds. The summed E-state index contributed by atoms with van der Waals surface area (Å²) in [5.41, 5.74) is 5.22. The van der Waals surface area contributed by atoms with Crippen LogP contribution in [0.25, 0.3) is 22.4 Å². The Morgan fingerprint density at radius 2 is 1.77 bits per heavy atom. The molecule has 4 rings (SSSR count). The number of hydrogen-bond donors (Lipinski definition) is 3. The fourth-order valence-corrected chi connectivity index (χ4v) is 3.75. The summed E-state index contributed by atoms with van der Waals surface area (Å²) < 4.78 is 46.4. The SMILES string of the molecule is NC(=O)c1cc(-c2ccc(OCc3ccc(Cl)cc3)c(-c3ccc(Cl)c(C(F)(F)F)c3)c2O)n[nH]1. The number of primary amides is 1. The lowest BCUT2D eigenvalue weighted by atomic mass is 9.97. The second-order valence-electron chi connectivity index (χ2n) is 7.47. The number of nitrogens with one attached hydrogen (secondary N) is 1. The highest BCUT2D eigenvalue weighted by atomic mass is 35.5. The standard InChI is InChI=1S/C24H16Cl2F3N3O3/c25-14-4-1-12(2-5-14)11-35-20-8-6-15(18-10-19(23(30)34)32-31-18)22(33)21(20)13-3-7-17(26)16(9-13)24(27,28)29/h1-10,33H,11H2,(H2,30,34)(H,31,32). The highest BCUT2D eigenvalue weighted by Gasteiger charge is 2.34. The highest BCUT2D eigenvalue weighted by Crippen LogP contribution is 2.46. The van der Waals surface area contributed by atoms with E-state index in [9.17, 15) is 23.1 Å². The number of nitrogens with two attached hydrogens (primary N) is 1. The number of nitrogens with zero attached hydrogens (tertiary/aromatic N) is 1. The van der Waals surface area contributed by atoms with Crippen molar-refractivity contribution in [2.24, 2.45) is 5.73 Å². The molecule has 0 bridgehead atoms. The van der Waals surface area contributed by atoms with Crippen molar-refractivity contribution in [1.29, 1.82) is 0 Å². The normalized spacial score (nSPS) is 11.5. The van der Waals surface area contributed by atoms with Gasteiger partial charge in [0.2, 0.25) is 0 Å². The number of aromatic nitrogens is 2. The van der Waals surface area contributed by atoms with Crippen molar-refractivity contribution >= 4 is 29.1 Å². The summed E-state index contributed by atoms with van der Waals surface area (Å²) in [6, 6.07) is 14.3. The van der Waals surface area contributed by atoms with Gasteiger partial charge in [-0.15, -0.1) is 0 Å². The number of ether oxygens (including phenoxy) is 1. The number of carbonyl (C=O) groups is 1. The Kier molecular flexibility index (Phi) is 6.64. The topological polar surface area (TPSA) is 101 Å². The number of H-pyrrole nitrogens is 1. The van der Waals surface area contributed by atoms with Crippen LogP contribution >= 0.6 is 23.2 Å². The molecule has 0 saturated heterocycles. The molecule has 0 fully saturated rings. The maximum absolute atomic E-state index is 13.5. The number of phenols is 1. The summed E-state index contributed by atoms with van der Waals surface area (Å²) >= 11 is 11.7. The van der Waals surface area contributed by atoms with Crippen molar-refractivity contribution in [3.63, 3.8) is 0 Å². The van der Waals surface area contributed by atoms with E-state index < -0.39 is 28.4 Å². The average Bonchev–Trinajstić information content (AvgIpc) is 3.29. The van der Waals surface area contributed by atoms with Gasteiger partial charge >= 0.3 is 6.18 Å². The van der Waals surface area contributed by atoms with Crippen LogP contribution in [0.4, 0.5) is 13.2 Å². The largest absolute Gasteiger partial charge is 0.506 e. The predicted molar refractivity (Wildman–Crippen MR) is 125 cm³/mol. The Morgan fingerprint density at radius 3 is 2.40 bits per heavy atom. The highest BCUT2D eigenvalue weighted by molar-refractivity contribution is 6.31. The van der Waals surface area contributed by atoms with Crippen molar-refractivity contribution in [2.75, 3.05) is 0 Å². The van der Waals surface area contributed by atoms with Crippen LogP contribution in [0.1, 0.15) is 21.6 Å². The van der Waals surface area contributed by atoms with Gasteiger partial charge in [0.15, 0.2) is 0 Å². The molecule has 6 nitrogen and oxygen atoms in total. The zero-order valence-corrected chi connectivity index (χ0v) is 19.2. The van der Waals surface area contributed by atoms with Gasteiger partial charge in [-0.05, 0) is 53.6 Å². The minimum absolute atomic E-state index is 0.00475. The number of benzene rings is 3. The van der Waals surface area contributed by atoms with Crippen LogP contribution in [0.5, 0.6) is 11.5 Å². The number of aromatic amines is 1. The Hall–Kier alpha value is -3.69. The second kappa shape index (κ2) is 9.52.